The Balaban J connectivity index is 1.53. The normalized spacial score (nSPS) is 11.2. The van der Waals surface area contributed by atoms with Crippen molar-refractivity contribution in [1.29, 1.82) is 0 Å². The molecule has 0 bridgehead atoms. The molecule has 0 atom stereocenters. The van der Waals surface area contributed by atoms with E-state index in [-0.39, 0.29) is 23.0 Å². The van der Waals surface area contributed by atoms with Crippen LogP contribution >= 0.6 is 0 Å². The van der Waals surface area contributed by atoms with Crippen LogP contribution in [0.1, 0.15) is 13.8 Å². The van der Waals surface area contributed by atoms with Gasteiger partial charge in [-0.3, -0.25) is 0 Å². The van der Waals surface area contributed by atoms with Gasteiger partial charge in [0.2, 0.25) is 0 Å². The quantitative estimate of drug-likeness (QED) is 0.263. The molecule has 3 aromatic rings. The van der Waals surface area contributed by atoms with Gasteiger partial charge in [0.1, 0.15) is 11.5 Å². The number of hydrogen-bond acceptors (Lipinski definition) is 8. The first-order chi connectivity index (χ1) is 18.0. The predicted molar refractivity (Wildman–Crippen MR) is 145 cm³/mol. The van der Waals surface area contributed by atoms with Gasteiger partial charge in [0.15, 0.2) is 0 Å². The molecule has 0 aliphatic rings. The third-order valence-corrected chi connectivity index (χ3v) is 7.04. The predicted octanol–water partition coefficient (Wildman–Crippen LogP) is 4.43. The van der Waals surface area contributed by atoms with Crippen molar-refractivity contribution in [2.75, 3.05) is 32.8 Å². The number of benzene rings is 3. The summed E-state index contributed by atoms with van der Waals surface area (Å²) >= 11 is 0. The van der Waals surface area contributed by atoms with Gasteiger partial charge < -0.3 is 29.6 Å². The minimum Gasteiger partial charge on any atom is -0.382 e. The van der Waals surface area contributed by atoms with Gasteiger partial charge in [-0.1, -0.05) is 12.1 Å². The van der Waals surface area contributed by atoms with Crippen LogP contribution in [-0.2, 0) is 20.2 Å². The smallest absolute Gasteiger partial charge is 0.323 e. The van der Waals surface area contributed by atoms with Crippen molar-refractivity contribution in [3.05, 3.63) is 72.8 Å². The van der Waals surface area contributed by atoms with Gasteiger partial charge in [-0.05, 0) is 62.4 Å². The van der Waals surface area contributed by atoms with Crippen LogP contribution in [0.15, 0.2) is 72.8 Å². The highest BCUT2D eigenvalue weighted by Crippen LogP contribution is 2.21. The maximum Gasteiger partial charge on any atom is 0.323 e. The molecule has 0 unspecified atom stereocenters. The van der Waals surface area contributed by atoms with E-state index in [1.807, 2.05) is 0 Å². The zero-order valence-electron chi connectivity index (χ0n) is 20.4. The Morgan fingerprint density at radius 3 is 1.26 bits per heavy atom. The highest BCUT2D eigenvalue weighted by molar-refractivity contribution is 7.87. The van der Waals surface area contributed by atoms with E-state index in [1.54, 1.807) is 36.4 Å². The molecule has 0 saturated carbocycles. The lowest BCUT2D eigenvalue weighted by atomic mass is 10.2. The van der Waals surface area contributed by atoms with Crippen molar-refractivity contribution in [2.45, 2.75) is 13.8 Å². The van der Waals surface area contributed by atoms with Crippen LogP contribution in [0.3, 0.4) is 0 Å². The Morgan fingerprint density at radius 1 is 0.579 bits per heavy atom. The van der Waals surface area contributed by atoms with Gasteiger partial charge in [-0.15, -0.1) is 0 Å². The van der Waals surface area contributed by atoms with Crippen molar-refractivity contribution in [3.63, 3.8) is 0 Å². The molecule has 0 fully saturated rings. The van der Waals surface area contributed by atoms with Crippen LogP contribution in [-0.4, -0.2) is 40.4 Å². The number of nitrogens with one attached hydrogen (secondary N) is 4. The fourth-order valence-corrected chi connectivity index (χ4v) is 3.92. The molecule has 0 aromatic heterocycles. The van der Waals surface area contributed by atoms with Crippen molar-refractivity contribution in [2.24, 2.45) is 0 Å². The number of carbonyl (C=O) groups is 2. The van der Waals surface area contributed by atoms with Crippen LogP contribution in [0.25, 0.3) is 0 Å². The maximum absolute atomic E-state index is 12.3. The van der Waals surface area contributed by atoms with Crippen LogP contribution in [0, 0.1) is 0 Å². The SMILES string of the molecule is CCS(=O)(=O)Oc1cccc(NC(=O)Nc2ccc(NC(=O)Nc3cccc(OS(=O)(=O)CC)c3)cc2)c1. The number of hydrogen-bond donors (Lipinski definition) is 4. The molecule has 4 amide bonds. The van der Waals surface area contributed by atoms with E-state index in [2.05, 4.69) is 21.3 Å². The molecular weight excluding hydrogens is 536 g/mol. The van der Waals surface area contributed by atoms with E-state index in [4.69, 9.17) is 8.37 Å². The lowest BCUT2D eigenvalue weighted by Crippen LogP contribution is -2.20. The van der Waals surface area contributed by atoms with Crippen LogP contribution < -0.4 is 29.6 Å². The lowest BCUT2D eigenvalue weighted by molar-refractivity contribution is 0.261. The highest BCUT2D eigenvalue weighted by Gasteiger charge is 2.12. The van der Waals surface area contributed by atoms with E-state index in [1.165, 1.54) is 50.2 Å². The molecule has 3 rings (SSSR count). The standard InChI is InChI=1S/C24H26N4O8S2/c1-3-37(31,32)35-21-9-5-7-19(15-21)27-23(29)25-17-11-13-18(14-12-17)26-24(30)28-20-8-6-10-22(16-20)36-38(33,34)4-2/h5-16H,3-4H2,1-2H3,(H2,25,27,29)(H2,26,28,30). The number of amides is 4. The average Bonchev–Trinajstić information content (AvgIpc) is 2.85. The fraction of sp³-hybridized carbons (Fsp3) is 0.167. The zero-order chi connectivity index (χ0) is 27.8. The first-order valence-electron chi connectivity index (χ1n) is 11.3. The molecule has 0 aliphatic carbocycles. The minimum atomic E-state index is -3.70. The molecule has 3 aromatic carbocycles. The average molecular weight is 563 g/mol. The van der Waals surface area contributed by atoms with Gasteiger partial charge in [0.05, 0.1) is 11.5 Å². The Bertz CT molecular complexity index is 1390. The number of anilines is 4. The van der Waals surface area contributed by atoms with Gasteiger partial charge in [0, 0.05) is 34.9 Å². The second-order valence-corrected chi connectivity index (χ2v) is 11.4. The molecule has 0 aliphatic heterocycles. The van der Waals surface area contributed by atoms with E-state index in [9.17, 15) is 26.4 Å². The molecule has 202 valence electrons. The van der Waals surface area contributed by atoms with Gasteiger partial charge in [-0.2, -0.15) is 16.8 Å². The molecule has 0 saturated heterocycles. The summed E-state index contributed by atoms with van der Waals surface area (Å²) in [4.78, 5) is 24.7. The summed E-state index contributed by atoms with van der Waals surface area (Å²) in [7, 11) is -7.39. The first kappa shape index (κ1) is 28.3. The van der Waals surface area contributed by atoms with Gasteiger partial charge >= 0.3 is 32.3 Å². The molecule has 14 heteroatoms. The molecule has 38 heavy (non-hydrogen) atoms. The van der Waals surface area contributed by atoms with Crippen molar-refractivity contribution in [3.8, 4) is 11.5 Å². The summed E-state index contributed by atoms with van der Waals surface area (Å²) in [5, 5.41) is 10.4. The molecule has 0 radical (unpaired) electrons. The zero-order valence-corrected chi connectivity index (χ0v) is 22.1. The largest absolute Gasteiger partial charge is 0.382 e. The summed E-state index contributed by atoms with van der Waals surface area (Å²) in [6, 6.07) is 17.0. The van der Waals surface area contributed by atoms with Gasteiger partial charge in [0.25, 0.3) is 0 Å². The molecular formula is C24H26N4O8S2. The van der Waals surface area contributed by atoms with Crippen molar-refractivity contribution in [1.82, 2.24) is 0 Å². The number of carbonyl (C=O) groups excluding carboxylic acids is 2. The lowest BCUT2D eigenvalue weighted by Gasteiger charge is -2.11. The summed E-state index contributed by atoms with van der Waals surface area (Å²) < 4.78 is 56.4. The third kappa shape index (κ3) is 8.97. The van der Waals surface area contributed by atoms with Gasteiger partial charge in [-0.25, -0.2) is 9.59 Å². The summed E-state index contributed by atoms with van der Waals surface area (Å²) in [5.41, 5.74) is 1.50. The van der Waals surface area contributed by atoms with E-state index >= 15 is 0 Å². The minimum absolute atomic E-state index is 0.0728. The first-order valence-corrected chi connectivity index (χ1v) is 14.4. The Morgan fingerprint density at radius 2 is 0.921 bits per heavy atom. The second kappa shape index (κ2) is 12.3. The molecule has 0 spiro atoms. The Kier molecular flexibility index (Phi) is 9.15. The topological polar surface area (TPSA) is 169 Å². The van der Waals surface area contributed by atoms with Crippen LogP contribution in [0.4, 0.5) is 32.3 Å². The van der Waals surface area contributed by atoms with E-state index < -0.39 is 32.3 Å². The van der Waals surface area contributed by atoms with Crippen molar-refractivity contribution < 1.29 is 34.8 Å². The number of urea groups is 2. The highest BCUT2D eigenvalue weighted by atomic mass is 32.2. The summed E-state index contributed by atoms with van der Waals surface area (Å²) in [5.74, 6) is -0.233. The van der Waals surface area contributed by atoms with E-state index in [0.29, 0.717) is 22.7 Å². The van der Waals surface area contributed by atoms with Crippen LogP contribution in [0.2, 0.25) is 0 Å². The van der Waals surface area contributed by atoms with E-state index in [0.717, 1.165) is 0 Å². The number of rotatable bonds is 10. The second-order valence-electron chi connectivity index (χ2n) is 7.65. The molecule has 0 heterocycles. The Hall–Kier alpha value is -4.30. The Labute approximate surface area is 220 Å². The molecule has 12 nitrogen and oxygen atoms in total. The third-order valence-electron chi connectivity index (χ3n) is 4.74. The van der Waals surface area contributed by atoms with Crippen molar-refractivity contribution >= 4 is 55.0 Å². The fourth-order valence-electron chi connectivity index (χ4n) is 2.89. The monoisotopic (exact) mass is 562 g/mol. The molecule has 4 N–H and O–H groups in total. The summed E-state index contributed by atoms with van der Waals surface area (Å²) in [6.07, 6.45) is 0. The summed E-state index contributed by atoms with van der Waals surface area (Å²) in [6.45, 7) is 2.91. The maximum atomic E-state index is 12.3. The van der Waals surface area contributed by atoms with Crippen LogP contribution in [0.5, 0.6) is 11.5 Å².